The Morgan fingerprint density at radius 1 is 1.15 bits per heavy atom. The number of carbonyl (C=O) groups is 1. The molecular formula is C16H22O4. The molecule has 1 aromatic rings. The van der Waals surface area contributed by atoms with Gasteiger partial charge in [-0.05, 0) is 37.0 Å². The van der Waals surface area contributed by atoms with Crippen LogP contribution in [-0.4, -0.2) is 26.8 Å². The van der Waals surface area contributed by atoms with Gasteiger partial charge in [-0.25, -0.2) is 4.79 Å². The molecule has 1 fully saturated rings. The Bertz CT molecular complexity index is 450. The Morgan fingerprint density at radius 2 is 1.90 bits per heavy atom. The zero-order valence-electron chi connectivity index (χ0n) is 12.2. The minimum Gasteiger partial charge on any atom is -0.493 e. The number of hydrogen-bond acceptors (Lipinski definition) is 4. The third kappa shape index (κ3) is 3.65. The van der Waals surface area contributed by atoms with Crippen LogP contribution in [0, 0.1) is 5.92 Å². The van der Waals surface area contributed by atoms with E-state index in [0.29, 0.717) is 29.6 Å². The van der Waals surface area contributed by atoms with Crippen LogP contribution in [0.15, 0.2) is 18.2 Å². The minimum absolute atomic E-state index is 0.373. The molecule has 0 bridgehead atoms. The molecule has 0 amide bonds. The lowest BCUT2D eigenvalue weighted by atomic mass is 9.90. The number of rotatable bonds is 5. The second kappa shape index (κ2) is 7.17. The molecule has 0 aromatic heterocycles. The van der Waals surface area contributed by atoms with Crippen molar-refractivity contribution in [1.29, 1.82) is 0 Å². The highest BCUT2D eigenvalue weighted by molar-refractivity contribution is 5.90. The Hall–Kier alpha value is -1.71. The molecule has 20 heavy (non-hydrogen) atoms. The van der Waals surface area contributed by atoms with Crippen LogP contribution in [0.3, 0.4) is 0 Å². The predicted molar refractivity (Wildman–Crippen MR) is 76.4 cm³/mol. The summed E-state index contributed by atoms with van der Waals surface area (Å²) in [5, 5.41) is 0. The first-order valence-corrected chi connectivity index (χ1v) is 7.13. The van der Waals surface area contributed by atoms with Gasteiger partial charge in [0.25, 0.3) is 0 Å². The van der Waals surface area contributed by atoms with Crippen molar-refractivity contribution in [2.45, 2.75) is 32.1 Å². The second-order valence-corrected chi connectivity index (χ2v) is 5.17. The van der Waals surface area contributed by atoms with Gasteiger partial charge in [-0.2, -0.15) is 0 Å². The van der Waals surface area contributed by atoms with Crippen molar-refractivity contribution in [3.05, 3.63) is 23.8 Å². The molecule has 0 aliphatic heterocycles. The van der Waals surface area contributed by atoms with Crippen LogP contribution < -0.4 is 9.47 Å². The van der Waals surface area contributed by atoms with Crippen molar-refractivity contribution in [3.63, 3.8) is 0 Å². The van der Waals surface area contributed by atoms with Crippen LogP contribution in [0.1, 0.15) is 42.5 Å². The highest BCUT2D eigenvalue weighted by Gasteiger charge is 2.16. The summed E-state index contributed by atoms with van der Waals surface area (Å²) < 4.78 is 15.8. The first-order chi connectivity index (χ1) is 9.74. The average Bonchev–Trinajstić information content (AvgIpc) is 2.53. The molecule has 2 rings (SSSR count). The largest absolute Gasteiger partial charge is 0.493 e. The predicted octanol–water partition coefficient (Wildman–Crippen LogP) is 3.44. The molecule has 0 saturated heterocycles. The van der Waals surface area contributed by atoms with E-state index in [1.807, 2.05) is 0 Å². The number of benzene rings is 1. The molecule has 110 valence electrons. The van der Waals surface area contributed by atoms with E-state index >= 15 is 0 Å². The van der Waals surface area contributed by atoms with Crippen molar-refractivity contribution in [1.82, 2.24) is 0 Å². The maximum atomic E-state index is 11.5. The summed E-state index contributed by atoms with van der Waals surface area (Å²) in [5.74, 6) is 1.52. The third-order valence-electron chi connectivity index (χ3n) is 3.78. The van der Waals surface area contributed by atoms with E-state index in [4.69, 9.17) is 14.2 Å². The van der Waals surface area contributed by atoms with E-state index in [9.17, 15) is 4.79 Å². The first-order valence-electron chi connectivity index (χ1n) is 7.13. The molecule has 1 aliphatic rings. The number of ether oxygens (including phenoxy) is 3. The molecular weight excluding hydrogens is 256 g/mol. The highest BCUT2D eigenvalue weighted by Crippen LogP contribution is 2.30. The summed E-state index contributed by atoms with van der Waals surface area (Å²) in [4.78, 5) is 11.5. The lowest BCUT2D eigenvalue weighted by Crippen LogP contribution is -2.15. The molecule has 1 saturated carbocycles. The summed E-state index contributed by atoms with van der Waals surface area (Å²) in [5.41, 5.74) is 0.467. The smallest absolute Gasteiger partial charge is 0.337 e. The van der Waals surface area contributed by atoms with Crippen LogP contribution in [-0.2, 0) is 4.74 Å². The average molecular weight is 278 g/mol. The van der Waals surface area contributed by atoms with Gasteiger partial charge < -0.3 is 14.2 Å². The first kappa shape index (κ1) is 14.7. The summed E-state index contributed by atoms with van der Waals surface area (Å²) >= 11 is 0. The molecule has 4 nitrogen and oxygen atoms in total. The summed E-state index contributed by atoms with van der Waals surface area (Å²) in [6.07, 6.45) is 6.41. The second-order valence-electron chi connectivity index (χ2n) is 5.17. The van der Waals surface area contributed by atoms with Crippen molar-refractivity contribution in [2.75, 3.05) is 20.8 Å². The molecule has 0 spiro atoms. The molecule has 0 radical (unpaired) electrons. The fraction of sp³-hybridized carbons (Fsp3) is 0.562. The van der Waals surface area contributed by atoms with E-state index in [1.165, 1.54) is 39.2 Å². The van der Waals surface area contributed by atoms with Crippen molar-refractivity contribution in [2.24, 2.45) is 5.92 Å². The SMILES string of the molecule is COC(=O)c1ccc(OCC2CCCCC2)c(OC)c1. The summed E-state index contributed by atoms with van der Waals surface area (Å²) in [6, 6.07) is 5.13. The van der Waals surface area contributed by atoms with Crippen molar-refractivity contribution < 1.29 is 19.0 Å². The van der Waals surface area contributed by atoms with E-state index < -0.39 is 0 Å². The zero-order chi connectivity index (χ0) is 14.4. The molecule has 4 heteroatoms. The highest BCUT2D eigenvalue weighted by atomic mass is 16.5. The van der Waals surface area contributed by atoms with E-state index in [2.05, 4.69) is 0 Å². The fourth-order valence-corrected chi connectivity index (χ4v) is 2.59. The topological polar surface area (TPSA) is 44.8 Å². The molecule has 1 aromatic carbocycles. The van der Waals surface area contributed by atoms with Crippen LogP contribution in [0.25, 0.3) is 0 Å². The van der Waals surface area contributed by atoms with E-state index in [-0.39, 0.29) is 5.97 Å². The lowest BCUT2D eigenvalue weighted by molar-refractivity contribution is 0.0600. The van der Waals surface area contributed by atoms with Gasteiger partial charge in [-0.15, -0.1) is 0 Å². The summed E-state index contributed by atoms with van der Waals surface area (Å²) in [6.45, 7) is 0.716. The van der Waals surface area contributed by atoms with Crippen LogP contribution >= 0.6 is 0 Å². The van der Waals surface area contributed by atoms with Gasteiger partial charge in [0.2, 0.25) is 0 Å². The Morgan fingerprint density at radius 3 is 2.55 bits per heavy atom. The van der Waals surface area contributed by atoms with Gasteiger partial charge in [0.05, 0.1) is 26.4 Å². The monoisotopic (exact) mass is 278 g/mol. The van der Waals surface area contributed by atoms with Gasteiger partial charge in [0.15, 0.2) is 11.5 Å². The molecule has 0 unspecified atom stereocenters. The Balaban J connectivity index is 2.01. The van der Waals surface area contributed by atoms with Gasteiger partial charge in [0, 0.05) is 0 Å². The van der Waals surface area contributed by atoms with Gasteiger partial charge in [0.1, 0.15) is 0 Å². The zero-order valence-corrected chi connectivity index (χ0v) is 12.2. The van der Waals surface area contributed by atoms with Crippen LogP contribution in [0.4, 0.5) is 0 Å². The molecule has 1 aliphatic carbocycles. The minimum atomic E-state index is -0.373. The number of methoxy groups -OCH3 is 2. The standard InChI is InChI=1S/C16H22O4/c1-18-15-10-13(16(17)19-2)8-9-14(15)20-11-12-6-4-3-5-7-12/h8-10,12H,3-7,11H2,1-2H3. The van der Waals surface area contributed by atoms with Crippen molar-refractivity contribution >= 4 is 5.97 Å². The maximum absolute atomic E-state index is 11.5. The van der Waals surface area contributed by atoms with Crippen LogP contribution in [0.2, 0.25) is 0 Å². The maximum Gasteiger partial charge on any atom is 0.337 e. The van der Waals surface area contributed by atoms with Gasteiger partial charge in [-0.1, -0.05) is 19.3 Å². The third-order valence-corrected chi connectivity index (χ3v) is 3.78. The van der Waals surface area contributed by atoms with Gasteiger partial charge in [-0.3, -0.25) is 0 Å². The Kier molecular flexibility index (Phi) is 5.27. The fourth-order valence-electron chi connectivity index (χ4n) is 2.59. The number of hydrogen-bond donors (Lipinski definition) is 0. The quantitative estimate of drug-likeness (QED) is 0.774. The molecule has 0 N–H and O–H groups in total. The molecule has 0 heterocycles. The van der Waals surface area contributed by atoms with Gasteiger partial charge >= 0.3 is 5.97 Å². The van der Waals surface area contributed by atoms with Crippen molar-refractivity contribution in [3.8, 4) is 11.5 Å². The Labute approximate surface area is 120 Å². The number of esters is 1. The van der Waals surface area contributed by atoms with Crippen LogP contribution in [0.5, 0.6) is 11.5 Å². The normalized spacial score (nSPS) is 15.7. The lowest BCUT2D eigenvalue weighted by Gasteiger charge is -2.22. The van der Waals surface area contributed by atoms with E-state index in [1.54, 1.807) is 25.3 Å². The number of carbonyl (C=O) groups excluding carboxylic acids is 1. The van der Waals surface area contributed by atoms with E-state index in [0.717, 1.165) is 0 Å². The summed E-state index contributed by atoms with van der Waals surface area (Å²) in [7, 11) is 2.94. The molecule has 0 atom stereocenters.